The molecular weight excluding hydrogens is 786 g/mol. The molecule has 0 aromatic carbocycles. The largest absolute Gasteiger partial charge is 0.478 e. The molecule has 3 aromatic heterocycles. The molecule has 0 aliphatic carbocycles. The lowest BCUT2D eigenvalue weighted by Gasteiger charge is -2.33. The van der Waals surface area contributed by atoms with Gasteiger partial charge in [0.25, 0.3) is 10.3 Å². The minimum absolute atomic E-state index is 0.123. The highest BCUT2D eigenvalue weighted by atomic mass is 35.5. The van der Waals surface area contributed by atoms with Gasteiger partial charge in [-0.2, -0.15) is 0 Å². The number of piperazine rings is 3. The van der Waals surface area contributed by atoms with Gasteiger partial charge in [0.2, 0.25) is 17.8 Å². The molecule has 25 heteroatoms. The van der Waals surface area contributed by atoms with Gasteiger partial charge < -0.3 is 59.2 Å². The standard InChI is InChI=1S/C10H13ClN4O.C10H18N4O7P2.C10H14N4O2/c1-14-2-4-15(5-3-14)10-12-6-8(7-13-10)9(11)16;1-13-2-4-14(5-3-13)9-11-6-8(7-12-9)10(15,22(16,17)18)23(19,20)21;1-13-2-4-14(5-3-13)10-11-6-8(7-12-10)9(15)16/h6-7H,2-5H2,1H3;6-7,15H,2-5H2,1H3,(H2,16,17,18)(H2,19,20,21);6-7H,2-5H2,1H3,(H,15,16). The quantitative estimate of drug-likeness (QED) is 0.120. The molecule has 0 unspecified atom stereocenters. The normalized spacial score (nSPS) is 17.8. The first-order valence-corrected chi connectivity index (χ1v) is 20.4. The maximum atomic E-state index is 11.4. The Bertz CT molecular complexity index is 1720. The lowest BCUT2D eigenvalue weighted by atomic mass is 10.3. The summed E-state index contributed by atoms with van der Waals surface area (Å²) in [6, 6.07) is 0. The van der Waals surface area contributed by atoms with Gasteiger partial charge in [-0.25, -0.2) is 34.7 Å². The number of hydrogen-bond acceptors (Lipinski definition) is 17. The molecule has 3 aromatic rings. The van der Waals surface area contributed by atoms with E-state index in [1.165, 1.54) is 24.8 Å². The Hall–Kier alpha value is -3.79. The number of carbonyl (C=O) groups is 2. The molecule has 302 valence electrons. The van der Waals surface area contributed by atoms with Crippen LogP contribution in [-0.4, -0.2) is 185 Å². The van der Waals surface area contributed by atoms with Crippen LogP contribution in [0.4, 0.5) is 17.8 Å². The van der Waals surface area contributed by atoms with Crippen molar-refractivity contribution in [2.24, 2.45) is 0 Å². The number of hydrogen-bond donors (Lipinski definition) is 6. The second-order valence-electron chi connectivity index (χ2n) is 13.0. The third-order valence-corrected chi connectivity index (χ3v) is 12.9. The van der Waals surface area contributed by atoms with E-state index in [1.54, 1.807) is 0 Å². The summed E-state index contributed by atoms with van der Waals surface area (Å²) >= 11 is 5.32. The molecule has 0 radical (unpaired) electrons. The number of aromatic carboxylic acids is 1. The zero-order chi connectivity index (χ0) is 40.6. The minimum atomic E-state index is -5.59. The molecule has 0 atom stereocenters. The maximum absolute atomic E-state index is 11.4. The van der Waals surface area contributed by atoms with Crippen LogP contribution < -0.4 is 14.7 Å². The van der Waals surface area contributed by atoms with E-state index >= 15 is 0 Å². The van der Waals surface area contributed by atoms with Crippen LogP contribution in [0.2, 0.25) is 0 Å². The molecule has 6 rings (SSSR count). The van der Waals surface area contributed by atoms with E-state index in [-0.39, 0.29) is 11.5 Å². The van der Waals surface area contributed by atoms with Crippen molar-refractivity contribution in [3.63, 3.8) is 0 Å². The summed E-state index contributed by atoms with van der Waals surface area (Å²) in [7, 11) is -5.06. The Morgan fingerprint density at radius 3 is 1.09 bits per heavy atom. The second kappa shape index (κ2) is 18.9. The molecule has 3 fully saturated rings. The first-order valence-electron chi connectivity index (χ1n) is 16.8. The number of carboxylic acid groups (broad SMARTS) is 1. The number of rotatable bonds is 8. The lowest BCUT2D eigenvalue weighted by molar-refractivity contribution is 0.0695. The van der Waals surface area contributed by atoms with Gasteiger partial charge in [0, 0.05) is 121 Å². The van der Waals surface area contributed by atoms with Crippen molar-refractivity contribution < 1.29 is 48.5 Å². The Balaban J connectivity index is 0.000000188. The fourth-order valence-corrected chi connectivity index (χ4v) is 7.72. The van der Waals surface area contributed by atoms with Gasteiger partial charge in [-0.15, -0.1) is 0 Å². The number of aromatic nitrogens is 6. The zero-order valence-corrected chi connectivity index (χ0v) is 32.9. The van der Waals surface area contributed by atoms with E-state index in [4.69, 9.17) is 16.7 Å². The number of carbonyl (C=O) groups excluding carboxylic acids is 1. The fraction of sp³-hybridized carbons (Fsp3) is 0.533. The van der Waals surface area contributed by atoms with Crippen LogP contribution >= 0.6 is 26.8 Å². The first kappa shape index (κ1) is 43.9. The molecule has 0 spiro atoms. The van der Waals surface area contributed by atoms with Gasteiger partial charge in [0.15, 0.2) is 0 Å². The van der Waals surface area contributed by atoms with E-state index < -0.39 is 37.0 Å². The average molecular weight is 831 g/mol. The van der Waals surface area contributed by atoms with Crippen LogP contribution in [-0.2, 0) is 14.2 Å². The molecule has 3 aliphatic heterocycles. The summed E-state index contributed by atoms with van der Waals surface area (Å²) in [5, 5.41) is 14.5. The SMILES string of the molecule is CN1CCN(c2ncc(C(=O)Cl)cn2)CC1.CN1CCN(c2ncc(C(=O)O)cn2)CC1.CN1CCN(c2ncc(C(O)(P(=O)(O)O)P(=O)(O)O)cn2)CC1. The zero-order valence-electron chi connectivity index (χ0n) is 30.4. The molecule has 0 amide bonds. The van der Waals surface area contributed by atoms with Crippen molar-refractivity contribution >= 4 is 55.8 Å². The molecule has 6 heterocycles. The van der Waals surface area contributed by atoms with Crippen molar-refractivity contribution in [3.05, 3.63) is 53.9 Å². The molecular formula is C30H45ClN12O10P2. The molecule has 3 saturated heterocycles. The number of likely N-dealkylation sites (N-methyl/N-ethyl adjacent to an activating group) is 3. The monoisotopic (exact) mass is 830 g/mol. The van der Waals surface area contributed by atoms with Crippen LogP contribution in [0.3, 0.4) is 0 Å². The first-order chi connectivity index (χ1) is 25.8. The van der Waals surface area contributed by atoms with E-state index in [1.807, 2.05) is 11.9 Å². The lowest BCUT2D eigenvalue weighted by Crippen LogP contribution is -2.45. The maximum Gasteiger partial charge on any atom is 0.374 e. The van der Waals surface area contributed by atoms with Crippen molar-refractivity contribution in [2.75, 3.05) is 114 Å². The number of aliphatic hydroxyl groups is 1. The molecule has 55 heavy (non-hydrogen) atoms. The highest BCUT2D eigenvalue weighted by Crippen LogP contribution is 2.72. The predicted octanol–water partition coefficient (Wildman–Crippen LogP) is -0.780. The van der Waals surface area contributed by atoms with E-state index in [0.29, 0.717) is 30.5 Å². The number of halogens is 1. The van der Waals surface area contributed by atoms with Gasteiger partial charge in [0.05, 0.1) is 11.1 Å². The van der Waals surface area contributed by atoms with Crippen molar-refractivity contribution in [1.29, 1.82) is 0 Å². The molecule has 0 saturated carbocycles. The van der Waals surface area contributed by atoms with Gasteiger partial charge in [-0.1, -0.05) is 0 Å². The fourth-order valence-electron chi connectivity index (χ4n) is 5.36. The molecule has 3 aliphatic rings. The summed E-state index contributed by atoms with van der Waals surface area (Å²) in [6.45, 7) is 10.3. The Kier molecular flexibility index (Phi) is 15.1. The van der Waals surface area contributed by atoms with Gasteiger partial charge >= 0.3 is 21.2 Å². The smallest absolute Gasteiger partial charge is 0.374 e. The Morgan fingerprint density at radius 1 is 0.564 bits per heavy atom. The van der Waals surface area contributed by atoms with E-state index in [0.717, 1.165) is 77.8 Å². The van der Waals surface area contributed by atoms with E-state index in [9.17, 15) is 43.4 Å². The topological polar surface area (TPSA) is 286 Å². The van der Waals surface area contributed by atoms with Crippen LogP contribution in [0.15, 0.2) is 37.2 Å². The summed E-state index contributed by atoms with van der Waals surface area (Å²) in [4.78, 5) is 94.9. The number of anilines is 3. The predicted molar refractivity (Wildman–Crippen MR) is 200 cm³/mol. The van der Waals surface area contributed by atoms with Gasteiger partial charge in [-0.05, 0) is 32.7 Å². The third-order valence-electron chi connectivity index (χ3n) is 8.95. The van der Waals surface area contributed by atoms with Crippen molar-refractivity contribution in [1.82, 2.24) is 44.6 Å². The van der Waals surface area contributed by atoms with Crippen LogP contribution in [0, 0.1) is 0 Å². The Labute approximate surface area is 321 Å². The van der Waals surface area contributed by atoms with Gasteiger partial charge in [0.1, 0.15) is 0 Å². The van der Waals surface area contributed by atoms with Crippen LogP contribution in [0.25, 0.3) is 0 Å². The summed E-state index contributed by atoms with van der Waals surface area (Å²) < 4.78 is 22.8. The summed E-state index contributed by atoms with van der Waals surface area (Å²) in [5.41, 5.74) is -0.283. The van der Waals surface area contributed by atoms with Crippen LogP contribution in [0.5, 0.6) is 0 Å². The van der Waals surface area contributed by atoms with Crippen molar-refractivity contribution in [3.8, 4) is 0 Å². The Morgan fingerprint density at radius 2 is 0.836 bits per heavy atom. The van der Waals surface area contributed by atoms with Crippen molar-refractivity contribution in [2.45, 2.75) is 5.08 Å². The highest BCUT2D eigenvalue weighted by Gasteiger charge is 2.61. The molecule has 6 N–H and O–H groups in total. The molecule has 22 nitrogen and oxygen atoms in total. The number of carboxylic acids is 1. The minimum Gasteiger partial charge on any atom is -0.478 e. The number of nitrogens with zero attached hydrogens (tertiary/aromatic N) is 12. The van der Waals surface area contributed by atoms with E-state index in [2.05, 4.69) is 68.5 Å². The third kappa shape index (κ3) is 11.6. The average Bonchev–Trinajstić information content (AvgIpc) is 3.15. The van der Waals surface area contributed by atoms with Gasteiger partial charge in [-0.3, -0.25) is 13.9 Å². The second-order valence-corrected chi connectivity index (χ2v) is 17.2. The highest BCUT2D eigenvalue weighted by molar-refractivity contribution is 7.71. The summed E-state index contributed by atoms with van der Waals surface area (Å²) in [6.07, 6.45) is 7.27. The van der Waals surface area contributed by atoms with Crippen LogP contribution in [0.1, 0.15) is 26.3 Å². The molecule has 0 bridgehead atoms. The summed E-state index contributed by atoms with van der Waals surface area (Å²) in [5.74, 6) is 0.526.